The van der Waals surface area contributed by atoms with Crippen LogP contribution in [0.3, 0.4) is 0 Å². The molecule has 9 heteroatoms. The molecule has 9 nitrogen and oxygen atoms in total. The van der Waals surface area contributed by atoms with Crippen molar-refractivity contribution in [3.63, 3.8) is 0 Å². The summed E-state index contributed by atoms with van der Waals surface area (Å²) < 4.78 is 6.90. The first-order valence-corrected chi connectivity index (χ1v) is 9.05. The highest BCUT2D eigenvalue weighted by molar-refractivity contribution is 5.77. The molecule has 0 spiro atoms. The number of anilines is 1. The summed E-state index contributed by atoms with van der Waals surface area (Å²) in [5, 5.41) is 16.6. The number of hydrogen-bond donors (Lipinski definition) is 0. The second kappa shape index (κ2) is 6.64. The third-order valence-corrected chi connectivity index (χ3v) is 5.30. The number of rotatable bonds is 5. The Morgan fingerprint density at radius 2 is 2.04 bits per heavy atom. The van der Waals surface area contributed by atoms with E-state index in [0.717, 1.165) is 47.4 Å². The van der Waals surface area contributed by atoms with Gasteiger partial charge in [0.15, 0.2) is 11.5 Å². The zero-order chi connectivity index (χ0) is 19.1. The molecule has 0 aromatic carbocycles. The Hall–Kier alpha value is -2.97. The molecule has 0 bridgehead atoms. The van der Waals surface area contributed by atoms with Crippen LogP contribution < -0.4 is 4.90 Å². The summed E-state index contributed by atoms with van der Waals surface area (Å²) in [4.78, 5) is 16.5. The number of amides is 1. The molecule has 0 N–H and O–H groups in total. The Kier molecular flexibility index (Phi) is 4.29. The molecule has 1 aliphatic rings. The van der Waals surface area contributed by atoms with E-state index in [1.165, 1.54) is 0 Å². The summed E-state index contributed by atoms with van der Waals surface area (Å²) in [5.41, 5.74) is 2.64. The van der Waals surface area contributed by atoms with Crippen molar-refractivity contribution in [2.24, 2.45) is 0 Å². The highest BCUT2D eigenvalue weighted by atomic mass is 16.5. The Labute approximate surface area is 156 Å². The quantitative estimate of drug-likeness (QED) is 0.669. The smallest absolute Gasteiger partial charge is 0.223 e. The number of hydrogen-bond acceptors (Lipinski definition) is 7. The molecule has 1 fully saturated rings. The lowest BCUT2D eigenvalue weighted by Gasteiger charge is -2.44. The number of fused-ring (bicyclic) bond motifs is 1. The van der Waals surface area contributed by atoms with Crippen molar-refractivity contribution in [2.75, 3.05) is 25.0 Å². The Bertz CT molecular complexity index is 967. The zero-order valence-corrected chi connectivity index (χ0v) is 16.0. The lowest BCUT2D eigenvalue weighted by molar-refractivity contribution is -0.132. The number of carbonyl (C=O) groups excluding carboxylic acids is 1. The van der Waals surface area contributed by atoms with E-state index in [1.54, 1.807) is 4.52 Å². The van der Waals surface area contributed by atoms with Crippen molar-refractivity contribution in [3.05, 3.63) is 35.0 Å². The fourth-order valence-corrected chi connectivity index (χ4v) is 3.41. The third-order valence-electron chi connectivity index (χ3n) is 5.30. The van der Waals surface area contributed by atoms with Gasteiger partial charge in [-0.2, -0.15) is 4.52 Å². The fourth-order valence-electron chi connectivity index (χ4n) is 3.41. The predicted molar refractivity (Wildman–Crippen MR) is 98.6 cm³/mol. The number of carbonyl (C=O) groups is 1. The SMILES string of the molecule is Cc1noc(C)c1CCC(=O)N(C)C1CN(c2ccc3nnc(C)n3n2)C1. The largest absolute Gasteiger partial charge is 0.361 e. The lowest BCUT2D eigenvalue weighted by atomic mass is 10.0. The van der Waals surface area contributed by atoms with Crippen LogP contribution in [-0.2, 0) is 11.2 Å². The summed E-state index contributed by atoms with van der Waals surface area (Å²) in [6.45, 7) is 7.21. The maximum atomic E-state index is 12.5. The summed E-state index contributed by atoms with van der Waals surface area (Å²) in [5.74, 6) is 2.56. The van der Waals surface area contributed by atoms with Crippen LogP contribution >= 0.6 is 0 Å². The van der Waals surface area contributed by atoms with Gasteiger partial charge in [-0.15, -0.1) is 15.3 Å². The molecule has 0 aliphatic carbocycles. The molecular weight excluding hydrogens is 346 g/mol. The molecular formula is C18H23N7O2. The van der Waals surface area contributed by atoms with E-state index >= 15 is 0 Å². The molecule has 1 amide bonds. The van der Waals surface area contributed by atoms with Crippen molar-refractivity contribution in [1.82, 2.24) is 29.9 Å². The van der Waals surface area contributed by atoms with Gasteiger partial charge in [0.2, 0.25) is 5.91 Å². The minimum Gasteiger partial charge on any atom is -0.361 e. The first kappa shape index (κ1) is 17.4. The van der Waals surface area contributed by atoms with Gasteiger partial charge in [0.05, 0.1) is 11.7 Å². The van der Waals surface area contributed by atoms with E-state index in [2.05, 4.69) is 25.4 Å². The van der Waals surface area contributed by atoms with Crippen LogP contribution in [0.2, 0.25) is 0 Å². The summed E-state index contributed by atoms with van der Waals surface area (Å²) in [7, 11) is 1.87. The maximum absolute atomic E-state index is 12.5. The van der Waals surface area contributed by atoms with Crippen LogP contribution in [0.4, 0.5) is 5.82 Å². The first-order valence-electron chi connectivity index (χ1n) is 9.05. The van der Waals surface area contributed by atoms with E-state index in [0.29, 0.717) is 12.8 Å². The van der Waals surface area contributed by atoms with Crippen LogP contribution in [0.5, 0.6) is 0 Å². The third kappa shape index (κ3) is 3.13. The second-order valence-electron chi connectivity index (χ2n) is 7.07. The van der Waals surface area contributed by atoms with Gasteiger partial charge in [0.25, 0.3) is 0 Å². The molecule has 4 rings (SSSR count). The van der Waals surface area contributed by atoms with Gasteiger partial charge >= 0.3 is 0 Å². The first-order chi connectivity index (χ1) is 12.9. The van der Waals surface area contributed by atoms with Gasteiger partial charge in [-0.1, -0.05) is 5.16 Å². The normalized spacial score (nSPS) is 14.6. The lowest BCUT2D eigenvalue weighted by Crippen LogP contribution is -2.60. The van der Waals surface area contributed by atoms with Crippen LogP contribution in [0.15, 0.2) is 16.7 Å². The van der Waals surface area contributed by atoms with Gasteiger partial charge in [0.1, 0.15) is 11.6 Å². The van der Waals surface area contributed by atoms with Crippen LogP contribution in [-0.4, -0.2) is 62.0 Å². The van der Waals surface area contributed by atoms with E-state index in [1.807, 2.05) is 44.9 Å². The maximum Gasteiger partial charge on any atom is 0.223 e. The highest BCUT2D eigenvalue weighted by Gasteiger charge is 2.33. The molecule has 0 unspecified atom stereocenters. The average Bonchev–Trinajstić information content (AvgIpc) is 3.14. The highest BCUT2D eigenvalue weighted by Crippen LogP contribution is 2.22. The molecule has 1 saturated heterocycles. The average molecular weight is 369 g/mol. The Morgan fingerprint density at radius 3 is 2.74 bits per heavy atom. The summed E-state index contributed by atoms with van der Waals surface area (Å²) in [6.07, 6.45) is 1.12. The number of nitrogens with zero attached hydrogens (tertiary/aromatic N) is 7. The van der Waals surface area contributed by atoms with E-state index < -0.39 is 0 Å². The molecule has 27 heavy (non-hydrogen) atoms. The number of aromatic nitrogens is 5. The summed E-state index contributed by atoms with van der Waals surface area (Å²) >= 11 is 0. The van der Waals surface area contributed by atoms with Crippen molar-refractivity contribution in [1.29, 1.82) is 0 Å². The van der Waals surface area contributed by atoms with E-state index in [9.17, 15) is 4.79 Å². The van der Waals surface area contributed by atoms with Gasteiger partial charge in [0, 0.05) is 32.1 Å². The Morgan fingerprint density at radius 1 is 1.26 bits per heavy atom. The second-order valence-corrected chi connectivity index (χ2v) is 7.07. The van der Waals surface area contributed by atoms with Gasteiger partial charge in [-0.25, -0.2) is 0 Å². The van der Waals surface area contributed by atoms with Crippen molar-refractivity contribution >= 4 is 17.4 Å². The molecule has 4 heterocycles. The van der Waals surface area contributed by atoms with E-state index in [4.69, 9.17) is 4.52 Å². The fraction of sp³-hybridized carbons (Fsp3) is 0.500. The Balaban J connectivity index is 1.34. The van der Waals surface area contributed by atoms with Gasteiger partial charge in [-0.3, -0.25) is 4.79 Å². The summed E-state index contributed by atoms with van der Waals surface area (Å²) in [6, 6.07) is 4.05. The van der Waals surface area contributed by atoms with Crippen molar-refractivity contribution in [3.8, 4) is 0 Å². The minimum absolute atomic E-state index is 0.137. The monoisotopic (exact) mass is 369 g/mol. The minimum atomic E-state index is 0.137. The molecule has 0 saturated carbocycles. The van der Waals surface area contributed by atoms with Crippen LogP contribution in [0.25, 0.3) is 5.65 Å². The molecule has 3 aromatic heterocycles. The molecule has 3 aromatic rings. The van der Waals surface area contributed by atoms with Crippen molar-refractivity contribution in [2.45, 2.75) is 39.7 Å². The predicted octanol–water partition coefficient (Wildman–Crippen LogP) is 1.32. The topological polar surface area (TPSA) is 92.7 Å². The molecule has 1 aliphatic heterocycles. The van der Waals surface area contributed by atoms with Crippen LogP contribution in [0.1, 0.15) is 29.3 Å². The molecule has 0 radical (unpaired) electrons. The number of aryl methyl sites for hydroxylation is 3. The van der Waals surface area contributed by atoms with Gasteiger partial charge in [-0.05, 0) is 39.3 Å². The standard InChI is InChI=1S/C18H23N7O2/c1-11-15(12(2)27-22-11)5-8-18(26)23(4)14-9-24(10-14)17-7-6-16-20-19-13(3)25(16)21-17/h6-7,14H,5,8-10H2,1-4H3. The van der Waals surface area contributed by atoms with Crippen molar-refractivity contribution < 1.29 is 9.32 Å². The molecule has 0 atom stereocenters. The number of likely N-dealkylation sites (N-methyl/N-ethyl adjacent to an activating group) is 1. The zero-order valence-electron chi connectivity index (χ0n) is 16.0. The van der Waals surface area contributed by atoms with Crippen LogP contribution in [0, 0.1) is 20.8 Å². The van der Waals surface area contributed by atoms with Gasteiger partial charge < -0.3 is 14.3 Å². The molecule has 142 valence electrons. The van der Waals surface area contributed by atoms with E-state index in [-0.39, 0.29) is 11.9 Å².